The number of aryl methyl sites for hydroxylation is 2. The molecule has 3 aromatic heterocycles. The molecule has 0 unspecified atom stereocenters. The van der Waals surface area contributed by atoms with Crippen LogP contribution in [0, 0.1) is 6.92 Å². The number of nitrogens with one attached hydrogen (secondary N) is 1. The summed E-state index contributed by atoms with van der Waals surface area (Å²) in [6, 6.07) is 13.0. The molecule has 0 aliphatic carbocycles. The van der Waals surface area contributed by atoms with Crippen molar-refractivity contribution in [2.24, 2.45) is 0 Å². The smallest absolute Gasteiger partial charge is 0.291 e. The van der Waals surface area contributed by atoms with E-state index < -0.39 is 6.04 Å². The highest BCUT2D eigenvalue weighted by Crippen LogP contribution is 2.21. The summed E-state index contributed by atoms with van der Waals surface area (Å²) in [4.78, 5) is 26.1. The van der Waals surface area contributed by atoms with E-state index in [4.69, 9.17) is 4.42 Å². The number of carbonyl (C=O) groups is 1. The number of rotatable bonds is 7. The second-order valence-electron chi connectivity index (χ2n) is 7.69. The van der Waals surface area contributed by atoms with Crippen molar-refractivity contribution in [2.75, 3.05) is 0 Å². The van der Waals surface area contributed by atoms with E-state index in [9.17, 15) is 9.59 Å². The van der Waals surface area contributed by atoms with Gasteiger partial charge in [0.1, 0.15) is 17.4 Å². The van der Waals surface area contributed by atoms with Crippen LogP contribution in [-0.4, -0.2) is 26.1 Å². The van der Waals surface area contributed by atoms with Crippen LogP contribution >= 0.6 is 0 Å². The molecule has 0 fully saturated rings. The van der Waals surface area contributed by atoms with Crippen LogP contribution in [0.2, 0.25) is 0 Å². The maximum atomic E-state index is 13.1. The molecule has 4 aromatic rings. The number of fused-ring (bicyclic) bond motifs is 3. The Hall–Kier alpha value is -3.35. The fourth-order valence-electron chi connectivity index (χ4n) is 3.91. The molecule has 0 bridgehead atoms. The van der Waals surface area contributed by atoms with Crippen LogP contribution in [0.15, 0.2) is 57.9 Å². The van der Waals surface area contributed by atoms with E-state index in [-0.39, 0.29) is 17.5 Å². The standard InChI is InChI=1S/C23H26N4O3/c1-4-18(22(28)24-15(2)10-11-17-8-6-5-7-9-17)27-23(29)20-14-21-19(12-13-30-21)26(20)16(3)25-27/h5-9,12-15,18H,4,10-11H2,1-3H3,(H,24,28)/t15-,18+/m0/s1. The second-order valence-corrected chi connectivity index (χ2v) is 7.69. The molecule has 156 valence electrons. The molecule has 7 heteroatoms. The Morgan fingerprint density at radius 1 is 1.20 bits per heavy atom. The molecule has 3 heterocycles. The fraction of sp³-hybridized carbons (Fsp3) is 0.348. The molecule has 0 aliphatic rings. The van der Waals surface area contributed by atoms with Crippen molar-refractivity contribution in [1.82, 2.24) is 19.5 Å². The summed E-state index contributed by atoms with van der Waals surface area (Å²) in [6.07, 6.45) is 3.75. The Bertz CT molecular complexity index is 1240. The SMILES string of the molecule is CC[C@H](C(=O)N[C@@H](C)CCc1ccccc1)n1nc(C)n2c(cc3occc32)c1=O. The molecule has 0 radical (unpaired) electrons. The van der Waals surface area contributed by atoms with Crippen molar-refractivity contribution in [1.29, 1.82) is 0 Å². The average Bonchev–Trinajstić information content (AvgIpc) is 3.33. The third-order valence-corrected chi connectivity index (χ3v) is 5.51. The molecular formula is C23H26N4O3. The summed E-state index contributed by atoms with van der Waals surface area (Å²) in [7, 11) is 0. The van der Waals surface area contributed by atoms with Crippen LogP contribution in [0.3, 0.4) is 0 Å². The van der Waals surface area contributed by atoms with Gasteiger partial charge in [-0.25, -0.2) is 4.68 Å². The lowest BCUT2D eigenvalue weighted by Crippen LogP contribution is -2.42. The van der Waals surface area contributed by atoms with Gasteiger partial charge < -0.3 is 9.73 Å². The number of nitrogens with zero attached hydrogens (tertiary/aromatic N) is 3. The lowest BCUT2D eigenvalue weighted by Gasteiger charge is -2.21. The quantitative estimate of drug-likeness (QED) is 0.508. The van der Waals surface area contributed by atoms with Gasteiger partial charge in [-0.1, -0.05) is 37.3 Å². The van der Waals surface area contributed by atoms with E-state index in [1.807, 2.05) is 39.0 Å². The van der Waals surface area contributed by atoms with Crippen molar-refractivity contribution in [3.05, 3.63) is 70.5 Å². The van der Waals surface area contributed by atoms with Crippen molar-refractivity contribution < 1.29 is 9.21 Å². The van der Waals surface area contributed by atoms with Gasteiger partial charge in [-0.3, -0.25) is 14.0 Å². The first-order chi connectivity index (χ1) is 14.5. The second kappa shape index (κ2) is 8.18. The van der Waals surface area contributed by atoms with E-state index in [1.165, 1.54) is 10.2 Å². The van der Waals surface area contributed by atoms with E-state index in [0.29, 0.717) is 23.3 Å². The summed E-state index contributed by atoms with van der Waals surface area (Å²) in [5, 5.41) is 7.51. The largest absolute Gasteiger partial charge is 0.463 e. The Morgan fingerprint density at radius 2 is 1.97 bits per heavy atom. The van der Waals surface area contributed by atoms with Crippen LogP contribution in [0.4, 0.5) is 0 Å². The lowest BCUT2D eigenvalue weighted by molar-refractivity contribution is -0.125. The van der Waals surface area contributed by atoms with Gasteiger partial charge in [0.05, 0.1) is 11.8 Å². The van der Waals surface area contributed by atoms with E-state index >= 15 is 0 Å². The van der Waals surface area contributed by atoms with Crippen molar-refractivity contribution >= 4 is 22.5 Å². The monoisotopic (exact) mass is 406 g/mol. The Kier molecular flexibility index (Phi) is 5.44. The van der Waals surface area contributed by atoms with Gasteiger partial charge in [-0.05, 0) is 38.7 Å². The highest BCUT2D eigenvalue weighted by Gasteiger charge is 2.24. The van der Waals surface area contributed by atoms with Gasteiger partial charge in [0.25, 0.3) is 5.56 Å². The molecule has 0 saturated heterocycles. The maximum absolute atomic E-state index is 13.1. The summed E-state index contributed by atoms with van der Waals surface area (Å²) in [6.45, 7) is 5.69. The molecule has 7 nitrogen and oxygen atoms in total. The minimum Gasteiger partial charge on any atom is -0.463 e. The fourth-order valence-corrected chi connectivity index (χ4v) is 3.91. The molecule has 1 N–H and O–H groups in total. The summed E-state index contributed by atoms with van der Waals surface area (Å²) < 4.78 is 8.50. The van der Waals surface area contributed by atoms with Gasteiger partial charge in [-0.15, -0.1) is 0 Å². The third kappa shape index (κ3) is 3.63. The number of aromatic nitrogens is 3. The van der Waals surface area contributed by atoms with E-state index in [0.717, 1.165) is 18.4 Å². The number of hydrogen-bond donors (Lipinski definition) is 1. The normalized spacial score (nSPS) is 13.6. The zero-order valence-corrected chi connectivity index (χ0v) is 17.5. The molecule has 1 amide bonds. The van der Waals surface area contributed by atoms with Crippen LogP contribution in [0.1, 0.15) is 44.1 Å². The first-order valence-electron chi connectivity index (χ1n) is 10.3. The molecule has 2 atom stereocenters. The summed E-state index contributed by atoms with van der Waals surface area (Å²) in [5.74, 6) is 0.441. The van der Waals surface area contributed by atoms with E-state index in [1.54, 1.807) is 22.8 Å². The molecule has 0 saturated carbocycles. The molecule has 0 aliphatic heterocycles. The van der Waals surface area contributed by atoms with Crippen LogP contribution in [0.5, 0.6) is 0 Å². The van der Waals surface area contributed by atoms with Crippen LogP contribution in [-0.2, 0) is 11.2 Å². The summed E-state index contributed by atoms with van der Waals surface area (Å²) >= 11 is 0. The number of benzene rings is 1. The molecular weight excluding hydrogens is 380 g/mol. The number of furan rings is 1. The first-order valence-corrected chi connectivity index (χ1v) is 10.3. The van der Waals surface area contributed by atoms with Crippen LogP contribution < -0.4 is 10.9 Å². The third-order valence-electron chi connectivity index (χ3n) is 5.51. The number of carbonyl (C=O) groups excluding carboxylic acids is 1. The predicted octanol–water partition coefficient (Wildman–Crippen LogP) is 3.64. The maximum Gasteiger partial charge on any atom is 0.291 e. The van der Waals surface area contributed by atoms with Crippen molar-refractivity contribution in [3.63, 3.8) is 0 Å². The molecule has 30 heavy (non-hydrogen) atoms. The van der Waals surface area contributed by atoms with Crippen molar-refractivity contribution in [3.8, 4) is 0 Å². The van der Waals surface area contributed by atoms with Gasteiger partial charge in [0.15, 0.2) is 5.58 Å². The van der Waals surface area contributed by atoms with Gasteiger partial charge >= 0.3 is 0 Å². The topological polar surface area (TPSA) is 81.5 Å². The van der Waals surface area contributed by atoms with Crippen molar-refractivity contribution in [2.45, 2.75) is 52.1 Å². The molecule has 0 spiro atoms. The first kappa shape index (κ1) is 19.9. The highest BCUT2D eigenvalue weighted by molar-refractivity contribution is 5.83. The van der Waals surface area contributed by atoms with E-state index in [2.05, 4.69) is 22.5 Å². The highest BCUT2D eigenvalue weighted by atomic mass is 16.3. The minimum absolute atomic E-state index is 0.0112. The number of hydrogen-bond acceptors (Lipinski definition) is 4. The van der Waals surface area contributed by atoms with Gasteiger partial charge in [0, 0.05) is 18.2 Å². The minimum atomic E-state index is -0.665. The van der Waals surface area contributed by atoms with Gasteiger partial charge in [-0.2, -0.15) is 5.10 Å². The Morgan fingerprint density at radius 3 is 2.70 bits per heavy atom. The van der Waals surface area contributed by atoms with Gasteiger partial charge in [0.2, 0.25) is 5.91 Å². The molecule has 4 rings (SSSR count). The Labute approximate surface area is 174 Å². The van der Waals surface area contributed by atoms with Crippen LogP contribution in [0.25, 0.3) is 16.6 Å². The average molecular weight is 406 g/mol. The zero-order valence-electron chi connectivity index (χ0n) is 17.5. The predicted molar refractivity (Wildman–Crippen MR) is 116 cm³/mol. The Balaban J connectivity index is 1.55. The molecule has 1 aromatic carbocycles. The zero-order chi connectivity index (χ0) is 21.3. The lowest BCUT2D eigenvalue weighted by atomic mass is 10.1. The summed E-state index contributed by atoms with van der Waals surface area (Å²) in [5.41, 5.74) is 2.82. The number of amides is 1.